The van der Waals surface area contributed by atoms with E-state index in [1.807, 2.05) is 18.2 Å². The number of nitrogens with zero attached hydrogens (tertiary/aromatic N) is 1. The van der Waals surface area contributed by atoms with Crippen LogP contribution < -0.4 is 4.90 Å². The lowest BCUT2D eigenvalue weighted by molar-refractivity contribution is -0.137. The Bertz CT molecular complexity index is 479. The second kappa shape index (κ2) is 6.75. The van der Waals surface area contributed by atoms with Gasteiger partial charge >= 0.3 is 5.97 Å². The first-order valence-electron chi connectivity index (χ1n) is 6.60. The minimum atomic E-state index is -0.296. The first kappa shape index (κ1) is 14.1. The van der Waals surface area contributed by atoms with Crippen molar-refractivity contribution >= 4 is 33.7 Å². The van der Waals surface area contributed by atoms with Crippen LogP contribution in [0.4, 0.5) is 5.69 Å². The molecule has 0 N–H and O–H groups in total. The van der Waals surface area contributed by atoms with Gasteiger partial charge in [-0.15, -0.1) is 0 Å². The second-order valence-electron chi connectivity index (χ2n) is 4.48. The molecule has 0 saturated carbocycles. The smallest absolute Gasteiger partial charge is 0.330 e. The monoisotopic (exact) mass is 323 g/mol. The lowest BCUT2D eigenvalue weighted by atomic mass is 10.1. The third-order valence-corrected chi connectivity index (χ3v) is 3.62. The Morgan fingerprint density at radius 2 is 2.16 bits per heavy atom. The maximum absolute atomic E-state index is 11.4. The number of anilines is 1. The van der Waals surface area contributed by atoms with Crippen molar-refractivity contribution in [3.63, 3.8) is 0 Å². The summed E-state index contributed by atoms with van der Waals surface area (Å²) in [6, 6.07) is 6.17. The molecular formula is C15H18BrNO2. The summed E-state index contributed by atoms with van der Waals surface area (Å²) in [5.74, 6) is -0.296. The minimum Gasteiger partial charge on any atom is -0.463 e. The van der Waals surface area contributed by atoms with Crippen LogP contribution in [0.25, 0.3) is 6.08 Å². The van der Waals surface area contributed by atoms with Crippen molar-refractivity contribution < 1.29 is 9.53 Å². The number of hydrogen-bond donors (Lipinski definition) is 0. The maximum Gasteiger partial charge on any atom is 0.330 e. The number of halogens is 1. The number of esters is 1. The topological polar surface area (TPSA) is 29.5 Å². The fourth-order valence-electron chi connectivity index (χ4n) is 2.25. The van der Waals surface area contributed by atoms with Crippen molar-refractivity contribution in [1.82, 2.24) is 0 Å². The molecule has 2 rings (SSSR count). The summed E-state index contributed by atoms with van der Waals surface area (Å²) in [7, 11) is 0. The molecule has 0 unspecified atom stereocenters. The zero-order valence-corrected chi connectivity index (χ0v) is 12.6. The fourth-order valence-corrected chi connectivity index (χ4v) is 2.63. The Balaban J connectivity index is 2.21. The third-order valence-electron chi connectivity index (χ3n) is 3.12. The molecule has 3 nitrogen and oxygen atoms in total. The van der Waals surface area contributed by atoms with E-state index in [9.17, 15) is 4.79 Å². The van der Waals surface area contributed by atoms with Crippen molar-refractivity contribution in [3.05, 3.63) is 34.3 Å². The molecule has 19 heavy (non-hydrogen) atoms. The van der Waals surface area contributed by atoms with E-state index >= 15 is 0 Å². The lowest BCUT2D eigenvalue weighted by Gasteiger charge is -2.20. The van der Waals surface area contributed by atoms with Gasteiger partial charge in [-0.25, -0.2) is 4.79 Å². The zero-order valence-electron chi connectivity index (χ0n) is 11.1. The molecule has 1 aliphatic heterocycles. The van der Waals surface area contributed by atoms with Crippen LogP contribution in [-0.2, 0) is 9.53 Å². The Morgan fingerprint density at radius 1 is 1.42 bits per heavy atom. The molecule has 0 amide bonds. The highest BCUT2D eigenvalue weighted by molar-refractivity contribution is 9.10. The number of benzene rings is 1. The Kier molecular flexibility index (Phi) is 5.02. The van der Waals surface area contributed by atoms with Crippen LogP contribution >= 0.6 is 15.9 Å². The number of ether oxygens (including phenoxy) is 1. The summed E-state index contributed by atoms with van der Waals surface area (Å²) >= 11 is 3.47. The van der Waals surface area contributed by atoms with Crippen LogP contribution in [0, 0.1) is 0 Å². The zero-order chi connectivity index (χ0) is 13.7. The average molecular weight is 324 g/mol. The molecule has 1 aromatic rings. The number of hydrogen-bond acceptors (Lipinski definition) is 3. The number of carbonyl (C=O) groups is 1. The quantitative estimate of drug-likeness (QED) is 0.626. The van der Waals surface area contributed by atoms with Gasteiger partial charge in [-0.05, 0) is 49.6 Å². The van der Waals surface area contributed by atoms with Gasteiger partial charge in [0, 0.05) is 29.3 Å². The lowest BCUT2D eigenvalue weighted by Crippen LogP contribution is -2.18. The van der Waals surface area contributed by atoms with Gasteiger partial charge in [0.2, 0.25) is 0 Å². The van der Waals surface area contributed by atoms with E-state index in [1.165, 1.54) is 24.6 Å². The predicted octanol–water partition coefficient (Wildman–Crippen LogP) is 3.63. The molecule has 1 saturated heterocycles. The van der Waals surface area contributed by atoms with Crippen LogP contribution in [-0.4, -0.2) is 25.7 Å². The molecule has 0 atom stereocenters. The summed E-state index contributed by atoms with van der Waals surface area (Å²) in [4.78, 5) is 13.8. The van der Waals surface area contributed by atoms with Gasteiger partial charge in [-0.1, -0.05) is 15.9 Å². The SMILES string of the molecule is CCOC(=O)/C=C/c1cc(Br)ccc1N1CCCC1. The van der Waals surface area contributed by atoms with Crippen LogP contribution in [0.1, 0.15) is 25.3 Å². The van der Waals surface area contributed by atoms with E-state index in [2.05, 4.69) is 26.9 Å². The van der Waals surface area contributed by atoms with Gasteiger partial charge in [0.25, 0.3) is 0 Å². The van der Waals surface area contributed by atoms with Gasteiger partial charge in [-0.3, -0.25) is 0 Å². The normalized spacial score (nSPS) is 15.2. The fraction of sp³-hybridized carbons (Fsp3) is 0.400. The second-order valence-corrected chi connectivity index (χ2v) is 5.40. The van der Waals surface area contributed by atoms with Crippen molar-refractivity contribution in [2.75, 3.05) is 24.6 Å². The van der Waals surface area contributed by atoms with Crippen LogP contribution in [0.5, 0.6) is 0 Å². The van der Waals surface area contributed by atoms with Crippen molar-refractivity contribution in [2.45, 2.75) is 19.8 Å². The van der Waals surface area contributed by atoms with E-state index in [4.69, 9.17) is 4.74 Å². The molecule has 0 spiro atoms. The highest BCUT2D eigenvalue weighted by Crippen LogP contribution is 2.28. The average Bonchev–Trinajstić information content (AvgIpc) is 2.90. The molecule has 0 aromatic heterocycles. The van der Waals surface area contributed by atoms with E-state index in [0.717, 1.165) is 23.1 Å². The molecule has 1 heterocycles. The van der Waals surface area contributed by atoms with E-state index in [-0.39, 0.29) is 5.97 Å². The first-order valence-corrected chi connectivity index (χ1v) is 7.39. The molecule has 4 heteroatoms. The predicted molar refractivity (Wildman–Crippen MR) is 81.3 cm³/mol. The molecule has 1 fully saturated rings. The summed E-state index contributed by atoms with van der Waals surface area (Å²) < 4.78 is 5.92. The standard InChI is InChI=1S/C15H18BrNO2/c1-2-19-15(18)8-5-12-11-13(16)6-7-14(12)17-9-3-4-10-17/h5-8,11H,2-4,9-10H2,1H3/b8-5+. The van der Waals surface area contributed by atoms with Crippen LogP contribution in [0.2, 0.25) is 0 Å². The Morgan fingerprint density at radius 3 is 2.84 bits per heavy atom. The van der Waals surface area contributed by atoms with Gasteiger partial charge in [-0.2, -0.15) is 0 Å². The van der Waals surface area contributed by atoms with Crippen molar-refractivity contribution in [2.24, 2.45) is 0 Å². The van der Waals surface area contributed by atoms with Gasteiger partial charge < -0.3 is 9.64 Å². The Hall–Kier alpha value is -1.29. The summed E-state index contributed by atoms with van der Waals surface area (Å²) in [5, 5.41) is 0. The molecule has 0 radical (unpaired) electrons. The van der Waals surface area contributed by atoms with Crippen LogP contribution in [0.3, 0.4) is 0 Å². The first-order chi connectivity index (χ1) is 9.20. The van der Waals surface area contributed by atoms with Gasteiger partial charge in [0.05, 0.1) is 6.61 Å². The largest absolute Gasteiger partial charge is 0.463 e. The summed E-state index contributed by atoms with van der Waals surface area (Å²) in [5.41, 5.74) is 2.23. The van der Waals surface area contributed by atoms with E-state index in [1.54, 1.807) is 6.92 Å². The summed E-state index contributed by atoms with van der Waals surface area (Å²) in [6.45, 7) is 4.38. The third kappa shape index (κ3) is 3.83. The minimum absolute atomic E-state index is 0.296. The molecule has 102 valence electrons. The van der Waals surface area contributed by atoms with E-state index in [0.29, 0.717) is 6.61 Å². The molecule has 1 aliphatic rings. The Labute approximate surface area is 122 Å². The number of rotatable bonds is 4. The summed E-state index contributed by atoms with van der Waals surface area (Å²) in [6.07, 6.45) is 5.79. The van der Waals surface area contributed by atoms with Crippen molar-refractivity contribution in [3.8, 4) is 0 Å². The van der Waals surface area contributed by atoms with Gasteiger partial charge in [0.1, 0.15) is 0 Å². The molecule has 0 aliphatic carbocycles. The maximum atomic E-state index is 11.4. The van der Waals surface area contributed by atoms with Crippen molar-refractivity contribution in [1.29, 1.82) is 0 Å². The highest BCUT2D eigenvalue weighted by atomic mass is 79.9. The van der Waals surface area contributed by atoms with Gasteiger partial charge in [0.15, 0.2) is 0 Å². The molecule has 0 bridgehead atoms. The molecule has 1 aromatic carbocycles. The van der Waals surface area contributed by atoms with E-state index < -0.39 is 0 Å². The van der Waals surface area contributed by atoms with Crippen LogP contribution in [0.15, 0.2) is 28.7 Å². The molecular weight excluding hydrogens is 306 g/mol. The number of carbonyl (C=O) groups excluding carboxylic acids is 1. The highest BCUT2D eigenvalue weighted by Gasteiger charge is 2.14.